The number of hydrogen-bond donors (Lipinski definition) is 0. The zero-order valence-electron chi connectivity index (χ0n) is 13.6. The van der Waals surface area contributed by atoms with Crippen LogP contribution in [0.25, 0.3) is 0 Å². The van der Waals surface area contributed by atoms with Crippen molar-refractivity contribution >= 4 is 23.8 Å². The van der Waals surface area contributed by atoms with Gasteiger partial charge in [-0.15, -0.1) is 0 Å². The molecule has 0 radical (unpaired) electrons. The second-order valence-electron chi connectivity index (χ2n) is 4.34. The maximum Gasteiger partial charge on any atom is -0.0134 e. The van der Waals surface area contributed by atoms with Gasteiger partial charge in [0.1, 0.15) is 0 Å². The summed E-state index contributed by atoms with van der Waals surface area (Å²) < 4.78 is 0. The Balaban J connectivity index is -0.000000367. The smallest absolute Gasteiger partial charge is 0.0134 e. The minimum absolute atomic E-state index is 0. The van der Waals surface area contributed by atoms with Crippen molar-refractivity contribution in [1.82, 2.24) is 0 Å². The van der Waals surface area contributed by atoms with Crippen LogP contribution in [0.3, 0.4) is 0 Å². The van der Waals surface area contributed by atoms with Gasteiger partial charge in [-0.05, 0) is 23.8 Å². The molecule has 25 heavy (non-hydrogen) atoms. The van der Waals surface area contributed by atoms with Gasteiger partial charge in [0, 0.05) is 0 Å². The molecular weight excluding hydrogens is 343 g/mol. The Hall–Kier alpha value is -2.15. The molecule has 0 saturated carbocycles. The van der Waals surface area contributed by atoms with Crippen LogP contribution >= 0.6 is 7.92 Å². The third kappa shape index (κ3) is 7.51. The van der Waals surface area contributed by atoms with E-state index >= 15 is 0 Å². The highest BCUT2D eigenvalue weighted by Crippen LogP contribution is 2.32. The van der Waals surface area contributed by atoms with Crippen molar-refractivity contribution in [2.75, 3.05) is 0 Å². The fourth-order valence-electron chi connectivity index (χ4n) is 2.18. The Morgan fingerprint density at radius 3 is 0.720 bits per heavy atom. The molecular formula is C18H27O6P. The highest BCUT2D eigenvalue weighted by atomic mass is 31.1. The molecule has 3 rings (SSSR count). The molecule has 0 aliphatic heterocycles. The first kappa shape index (κ1) is 30.7. The number of benzene rings is 3. The van der Waals surface area contributed by atoms with E-state index < -0.39 is 7.92 Å². The Bertz CT molecular complexity index is 544. The van der Waals surface area contributed by atoms with Gasteiger partial charge in [-0.2, -0.15) is 0 Å². The first-order valence-corrected chi connectivity index (χ1v) is 7.74. The van der Waals surface area contributed by atoms with Gasteiger partial charge in [0.2, 0.25) is 0 Å². The summed E-state index contributed by atoms with van der Waals surface area (Å²) in [6, 6.07) is 32.3. The second-order valence-corrected chi connectivity index (χ2v) is 6.56. The van der Waals surface area contributed by atoms with Gasteiger partial charge in [-0.3, -0.25) is 0 Å². The van der Waals surface area contributed by atoms with Crippen molar-refractivity contribution in [3.63, 3.8) is 0 Å². The molecule has 6 nitrogen and oxygen atoms in total. The molecule has 0 aliphatic carbocycles. The largest absolute Gasteiger partial charge is 0.412 e. The molecule has 0 amide bonds. The van der Waals surface area contributed by atoms with E-state index in [1.807, 2.05) is 0 Å². The first-order chi connectivity index (χ1) is 9.45. The highest BCUT2D eigenvalue weighted by Gasteiger charge is 2.14. The third-order valence-corrected chi connectivity index (χ3v) is 5.49. The summed E-state index contributed by atoms with van der Waals surface area (Å²) in [5.41, 5.74) is 0. The average Bonchev–Trinajstić information content (AvgIpc) is 2.51. The van der Waals surface area contributed by atoms with Crippen molar-refractivity contribution in [3.05, 3.63) is 91.0 Å². The molecule has 0 saturated heterocycles. The molecule has 7 heteroatoms. The Kier molecular flexibility index (Phi) is 18.9. The van der Waals surface area contributed by atoms with E-state index in [9.17, 15) is 0 Å². The summed E-state index contributed by atoms with van der Waals surface area (Å²) in [6.07, 6.45) is 0. The van der Waals surface area contributed by atoms with Crippen LogP contribution < -0.4 is 15.9 Å². The molecule has 0 bridgehead atoms. The van der Waals surface area contributed by atoms with Gasteiger partial charge in [-0.1, -0.05) is 91.0 Å². The first-order valence-electron chi connectivity index (χ1n) is 6.40. The van der Waals surface area contributed by atoms with E-state index in [0.29, 0.717) is 0 Å². The Morgan fingerprint density at radius 2 is 0.520 bits per heavy atom. The monoisotopic (exact) mass is 370 g/mol. The summed E-state index contributed by atoms with van der Waals surface area (Å²) in [5, 5.41) is 4.19. The molecule has 0 aliphatic rings. The van der Waals surface area contributed by atoms with E-state index in [1.54, 1.807) is 0 Å². The quantitative estimate of drug-likeness (QED) is 0.485. The van der Waals surface area contributed by atoms with Gasteiger partial charge in [0.15, 0.2) is 0 Å². The van der Waals surface area contributed by atoms with Crippen molar-refractivity contribution in [3.8, 4) is 0 Å². The van der Waals surface area contributed by atoms with Crippen LogP contribution in [-0.4, -0.2) is 32.9 Å². The highest BCUT2D eigenvalue weighted by molar-refractivity contribution is 7.79. The van der Waals surface area contributed by atoms with Crippen LogP contribution in [0.5, 0.6) is 0 Å². The molecule has 0 aromatic heterocycles. The predicted octanol–water partition coefficient (Wildman–Crippen LogP) is -1.50. The topological polar surface area (TPSA) is 189 Å². The normalized spacial score (nSPS) is 8.04. The summed E-state index contributed by atoms with van der Waals surface area (Å²) >= 11 is 0. The molecule has 3 aromatic carbocycles. The molecule has 3 aromatic rings. The number of hydrogen-bond acceptors (Lipinski definition) is 0. The fraction of sp³-hybridized carbons (Fsp3) is 0. The standard InChI is InChI=1S/C18H15P.6H2O/c1-4-10-16(11-5-1)19(17-12-6-2-7-13-17)18-14-8-3-9-15-18;;;;;;/h1-15H;6*1H2. The van der Waals surface area contributed by atoms with E-state index in [-0.39, 0.29) is 32.9 Å². The average molecular weight is 370 g/mol. The van der Waals surface area contributed by atoms with Crippen LogP contribution in [0.2, 0.25) is 0 Å². The molecule has 140 valence electrons. The minimum atomic E-state index is -0.446. The van der Waals surface area contributed by atoms with Crippen molar-refractivity contribution in [1.29, 1.82) is 0 Å². The van der Waals surface area contributed by atoms with Crippen LogP contribution in [0, 0.1) is 0 Å². The SMILES string of the molecule is O.O.O.O.O.O.c1ccc(P(c2ccccc2)c2ccccc2)cc1. The second kappa shape index (κ2) is 15.4. The number of rotatable bonds is 3. The van der Waals surface area contributed by atoms with E-state index in [2.05, 4.69) is 91.0 Å². The Morgan fingerprint density at radius 1 is 0.320 bits per heavy atom. The Labute approximate surface area is 148 Å². The van der Waals surface area contributed by atoms with Gasteiger partial charge in [0.25, 0.3) is 0 Å². The van der Waals surface area contributed by atoms with Gasteiger partial charge in [-0.25, -0.2) is 0 Å². The van der Waals surface area contributed by atoms with Crippen molar-refractivity contribution in [2.45, 2.75) is 0 Å². The molecule has 12 N–H and O–H groups in total. The summed E-state index contributed by atoms with van der Waals surface area (Å²) in [4.78, 5) is 0. The van der Waals surface area contributed by atoms with Crippen LogP contribution in [-0.2, 0) is 0 Å². The van der Waals surface area contributed by atoms with E-state index in [1.165, 1.54) is 15.9 Å². The van der Waals surface area contributed by atoms with Crippen LogP contribution in [0.4, 0.5) is 0 Å². The van der Waals surface area contributed by atoms with Crippen LogP contribution in [0.15, 0.2) is 91.0 Å². The fourth-order valence-corrected chi connectivity index (χ4v) is 4.48. The molecule has 0 fully saturated rings. The summed E-state index contributed by atoms with van der Waals surface area (Å²) in [5.74, 6) is 0. The minimum Gasteiger partial charge on any atom is -0.412 e. The maximum atomic E-state index is 2.23. The van der Waals surface area contributed by atoms with E-state index in [4.69, 9.17) is 0 Å². The van der Waals surface area contributed by atoms with E-state index in [0.717, 1.165) is 0 Å². The van der Waals surface area contributed by atoms with Gasteiger partial charge < -0.3 is 32.9 Å². The lowest BCUT2D eigenvalue weighted by atomic mass is 10.4. The lowest BCUT2D eigenvalue weighted by Gasteiger charge is -2.18. The zero-order valence-corrected chi connectivity index (χ0v) is 14.5. The third-order valence-electron chi connectivity index (χ3n) is 3.04. The predicted molar refractivity (Wildman–Crippen MR) is 107 cm³/mol. The maximum absolute atomic E-state index is 2.23. The van der Waals surface area contributed by atoms with Gasteiger partial charge >= 0.3 is 0 Å². The lowest BCUT2D eigenvalue weighted by Crippen LogP contribution is -2.20. The molecule has 0 unspecified atom stereocenters. The lowest BCUT2D eigenvalue weighted by molar-refractivity contribution is 0.823. The van der Waals surface area contributed by atoms with Crippen molar-refractivity contribution in [2.24, 2.45) is 0 Å². The zero-order chi connectivity index (χ0) is 12.9. The summed E-state index contributed by atoms with van der Waals surface area (Å²) in [7, 11) is -0.446. The molecule has 0 heterocycles. The molecule has 0 spiro atoms. The summed E-state index contributed by atoms with van der Waals surface area (Å²) in [6.45, 7) is 0. The molecule has 0 atom stereocenters. The van der Waals surface area contributed by atoms with Crippen LogP contribution in [0.1, 0.15) is 0 Å². The van der Waals surface area contributed by atoms with Gasteiger partial charge in [0.05, 0.1) is 0 Å². The van der Waals surface area contributed by atoms with Crippen molar-refractivity contribution < 1.29 is 32.9 Å².